The molecular weight excluding hydrogens is 370 g/mol. The summed E-state index contributed by atoms with van der Waals surface area (Å²) in [7, 11) is 0. The maximum Gasteiger partial charge on any atom is 0.259 e. The molecule has 3 aromatic heterocycles. The fraction of sp³-hybridized carbons (Fsp3) is 0. The van der Waals surface area contributed by atoms with Crippen molar-refractivity contribution in [1.82, 2.24) is 19.7 Å². The molecule has 0 unspecified atom stereocenters. The summed E-state index contributed by atoms with van der Waals surface area (Å²) in [6, 6.07) is 12.6. The van der Waals surface area contributed by atoms with Gasteiger partial charge in [-0.3, -0.25) is 15.1 Å². The van der Waals surface area contributed by atoms with Gasteiger partial charge in [0.15, 0.2) is 5.13 Å². The summed E-state index contributed by atoms with van der Waals surface area (Å²) in [5.41, 5.74) is 2.57. The van der Waals surface area contributed by atoms with Gasteiger partial charge in [-0.2, -0.15) is 5.10 Å². The molecule has 1 N–H and O–H groups in total. The topological polar surface area (TPSA) is 72.7 Å². The minimum atomic E-state index is -0.328. The monoisotopic (exact) mass is 381 g/mol. The van der Waals surface area contributed by atoms with Crippen molar-refractivity contribution in [2.45, 2.75) is 0 Å². The molecule has 26 heavy (non-hydrogen) atoms. The van der Waals surface area contributed by atoms with Gasteiger partial charge in [0.25, 0.3) is 5.91 Å². The Labute approximate surface area is 158 Å². The first-order valence-corrected chi connectivity index (χ1v) is 8.94. The van der Waals surface area contributed by atoms with E-state index in [0.29, 0.717) is 21.4 Å². The lowest BCUT2D eigenvalue weighted by molar-refractivity contribution is 0.102. The molecule has 0 radical (unpaired) electrons. The Morgan fingerprint density at radius 1 is 1.12 bits per heavy atom. The van der Waals surface area contributed by atoms with Gasteiger partial charge in [-0.1, -0.05) is 17.7 Å². The summed E-state index contributed by atoms with van der Waals surface area (Å²) in [5, 5.41) is 9.64. The number of rotatable bonds is 4. The third kappa shape index (κ3) is 3.35. The van der Waals surface area contributed by atoms with E-state index in [0.717, 1.165) is 11.4 Å². The second-order valence-corrected chi connectivity index (χ2v) is 6.59. The Morgan fingerprint density at radius 3 is 2.81 bits per heavy atom. The summed E-state index contributed by atoms with van der Waals surface area (Å²) < 4.78 is 1.66. The molecule has 1 aromatic carbocycles. The summed E-state index contributed by atoms with van der Waals surface area (Å²) in [6.45, 7) is 0. The fourth-order valence-electron chi connectivity index (χ4n) is 2.38. The number of halogens is 1. The molecule has 4 aromatic rings. The predicted octanol–water partition coefficient (Wildman–Crippen LogP) is 4.30. The largest absolute Gasteiger partial charge is 0.298 e. The van der Waals surface area contributed by atoms with Gasteiger partial charge in [0, 0.05) is 24.0 Å². The van der Waals surface area contributed by atoms with Crippen molar-refractivity contribution in [2.75, 3.05) is 5.32 Å². The van der Waals surface area contributed by atoms with Gasteiger partial charge in [0.1, 0.15) is 5.69 Å². The van der Waals surface area contributed by atoms with Crippen LogP contribution < -0.4 is 5.32 Å². The van der Waals surface area contributed by atoms with Crippen LogP contribution >= 0.6 is 22.9 Å². The smallest absolute Gasteiger partial charge is 0.259 e. The Bertz CT molecular complexity index is 1050. The average molecular weight is 382 g/mol. The Kier molecular flexibility index (Phi) is 4.47. The average Bonchev–Trinajstić information content (AvgIpc) is 3.35. The van der Waals surface area contributed by atoms with Gasteiger partial charge in [-0.15, -0.1) is 11.3 Å². The zero-order valence-corrected chi connectivity index (χ0v) is 14.9. The van der Waals surface area contributed by atoms with Crippen LogP contribution in [-0.2, 0) is 0 Å². The minimum absolute atomic E-state index is 0.328. The van der Waals surface area contributed by atoms with E-state index in [1.165, 1.54) is 11.3 Å². The molecule has 0 fully saturated rings. The highest BCUT2D eigenvalue weighted by Crippen LogP contribution is 2.25. The standard InChI is InChI=1S/C18H12ClN5OS/c19-14-6-5-12(24-9-3-8-21-24)10-13(14)17(25)23-18-22-16(11-26-18)15-4-1-2-7-20-15/h1-11H,(H,22,23,25). The highest BCUT2D eigenvalue weighted by atomic mass is 35.5. The number of nitrogens with zero attached hydrogens (tertiary/aromatic N) is 4. The third-order valence-electron chi connectivity index (χ3n) is 3.62. The van der Waals surface area contributed by atoms with Crippen molar-refractivity contribution in [3.05, 3.63) is 77.0 Å². The minimum Gasteiger partial charge on any atom is -0.298 e. The number of hydrogen-bond donors (Lipinski definition) is 1. The van der Waals surface area contributed by atoms with Crippen LogP contribution in [0.2, 0.25) is 5.02 Å². The zero-order valence-electron chi connectivity index (χ0n) is 13.3. The number of nitrogens with one attached hydrogen (secondary N) is 1. The summed E-state index contributed by atoms with van der Waals surface area (Å²) >= 11 is 7.53. The molecule has 0 aliphatic carbocycles. The maximum absolute atomic E-state index is 12.6. The first kappa shape index (κ1) is 16.4. The van der Waals surface area contributed by atoms with Gasteiger partial charge in [-0.05, 0) is 36.4 Å². The highest BCUT2D eigenvalue weighted by molar-refractivity contribution is 7.14. The van der Waals surface area contributed by atoms with Crippen LogP contribution in [-0.4, -0.2) is 25.7 Å². The van der Waals surface area contributed by atoms with Crippen molar-refractivity contribution in [1.29, 1.82) is 0 Å². The van der Waals surface area contributed by atoms with Crippen molar-refractivity contribution in [3.63, 3.8) is 0 Å². The third-order valence-corrected chi connectivity index (χ3v) is 4.70. The van der Waals surface area contributed by atoms with E-state index in [2.05, 4.69) is 20.4 Å². The van der Waals surface area contributed by atoms with Gasteiger partial charge < -0.3 is 0 Å². The predicted molar refractivity (Wildman–Crippen MR) is 102 cm³/mol. The van der Waals surface area contributed by atoms with E-state index in [4.69, 9.17) is 11.6 Å². The number of pyridine rings is 1. The van der Waals surface area contributed by atoms with Gasteiger partial charge >= 0.3 is 0 Å². The maximum atomic E-state index is 12.6. The van der Waals surface area contributed by atoms with E-state index in [-0.39, 0.29) is 5.91 Å². The Hall–Kier alpha value is -3.03. The van der Waals surface area contributed by atoms with Crippen LogP contribution in [0.5, 0.6) is 0 Å². The van der Waals surface area contributed by atoms with E-state index in [1.54, 1.807) is 41.5 Å². The van der Waals surface area contributed by atoms with Crippen LogP contribution in [0.1, 0.15) is 10.4 Å². The molecule has 0 atom stereocenters. The normalized spacial score (nSPS) is 10.7. The highest BCUT2D eigenvalue weighted by Gasteiger charge is 2.15. The number of hydrogen-bond acceptors (Lipinski definition) is 5. The number of aromatic nitrogens is 4. The lowest BCUT2D eigenvalue weighted by atomic mass is 10.2. The summed E-state index contributed by atoms with van der Waals surface area (Å²) in [5.74, 6) is -0.328. The number of benzene rings is 1. The zero-order chi connectivity index (χ0) is 17.9. The van der Waals surface area contributed by atoms with Gasteiger partial charge in [0.2, 0.25) is 0 Å². The molecule has 6 nitrogen and oxygen atoms in total. The Morgan fingerprint density at radius 2 is 2.04 bits per heavy atom. The van der Waals surface area contributed by atoms with Crippen LogP contribution in [0.4, 0.5) is 5.13 Å². The van der Waals surface area contributed by atoms with E-state index in [1.807, 2.05) is 29.6 Å². The second-order valence-electron chi connectivity index (χ2n) is 5.32. The molecular formula is C18H12ClN5OS. The lowest BCUT2D eigenvalue weighted by Crippen LogP contribution is -2.13. The SMILES string of the molecule is O=C(Nc1nc(-c2ccccn2)cs1)c1cc(-n2cccn2)ccc1Cl. The lowest BCUT2D eigenvalue weighted by Gasteiger charge is -2.07. The van der Waals surface area contributed by atoms with Crippen LogP contribution in [0.3, 0.4) is 0 Å². The molecule has 1 amide bonds. The number of anilines is 1. The first-order chi connectivity index (χ1) is 12.7. The van der Waals surface area contributed by atoms with Crippen LogP contribution in [0.15, 0.2) is 66.4 Å². The number of carbonyl (C=O) groups excluding carboxylic acids is 1. The molecule has 0 spiro atoms. The van der Waals surface area contributed by atoms with Crippen LogP contribution in [0.25, 0.3) is 17.1 Å². The quantitative estimate of drug-likeness (QED) is 0.572. The molecule has 128 valence electrons. The molecule has 3 heterocycles. The second kappa shape index (κ2) is 7.07. The van der Waals surface area contributed by atoms with Crippen molar-refractivity contribution in [2.24, 2.45) is 0 Å². The molecule has 0 bridgehead atoms. The van der Waals surface area contributed by atoms with Gasteiger partial charge in [0.05, 0.1) is 22.0 Å². The number of carbonyl (C=O) groups is 1. The summed E-state index contributed by atoms with van der Waals surface area (Å²) in [6.07, 6.45) is 5.17. The molecule has 0 saturated carbocycles. The van der Waals surface area contributed by atoms with Gasteiger partial charge in [-0.25, -0.2) is 9.67 Å². The molecule has 8 heteroatoms. The number of thiazole rings is 1. The molecule has 4 rings (SSSR count). The van der Waals surface area contributed by atoms with Crippen LogP contribution in [0, 0.1) is 0 Å². The first-order valence-electron chi connectivity index (χ1n) is 7.68. The fourth-order valence-corrected chi connectivity index (χ4v) is 3.28. The van der Waals surface area contributed by atoms with Crippen molar-refractivity contribution in [3.8, 4) is 17.1 Å². The molecule has 0 aliphatic heterocycles. The number of amides is 1. The van der Waals surface area contributed by atoms with E-state index < -0.39 is 0 Å². The van der Waals surface area contributed by atoms with E-state index in [9.17, 15) is 4.79 Å². The summed E-state index contributed by atoms with van der Waals surface area (Å²) in [4.78, 5) is 21.3. The van der Waals surface area contributed by atoms with Crippen molar-refractivity contribution < 1.29 is 4.79 Å². The Balaban J connectivity index is 1.57. The van der Waals surface area contributed by atoms with E-state index >= 15 is 0 Å². The van der Waals surface area contributed by atoms with Crippen molar-refractivity contribution >= 4 is 34.0 Å². The molecule has 0 saturated heterocycles. The molecule has 0 aliphatic rings.